The fourth-order valence-electron chi connectivity index (χ4n) is 3.60. The van der Waals surface area contributed by atoms with Gasteiger partial charge in [-0.1, -0.05) is 67.4 Å². The number of aromatic nitrogens is 1. The van der Waals surface area contributed by atoms with E-state index in [-0.39, 0.29) is 18.4 Å². The summed E-state index contributed by atoms with van der Waals surface area (Å²) in [6.45, 7) is 13.4. The minimum atomic E-state index is -0.993. The van der Waals surface area contributed by atoms with Crippen LogP contribution in [0.4, 0.5) is 0 Å². The molecule has 3 rings (SSSR count). The zero-order valence-corrected chi connectivity index (χ0v) is 24.3. The minimum absolute atomic E-state index is 0.188. The first-order valence-corrected chi connectivity index (χ1v) is 13.8. The second kappa shape index (κ2) is 15.4. The average Bonchev–Trinajstić information content (AvgIpc) is 3.25. The number of nitrogens with zero attached hydrogens (tertiary/aromatic N) is 1. The molecule has 3 aromatic rings. The van der Waals surface area contributed by atoms with Crippen LogP contribution in [0, 0.1) is 13.8 Å². The van der Waals surface area contributed by atoms with E-state index in [1.807, 2.05) is 70.2 Å². The highest BCUT2D eigenvalue weighted by atomic mass is 35.5. The van der Waals surface area contributed by atoms with Crippen LogP contribution in [0.2, 0.25) is 5.02 Å². The molecule has 1 unspecified atom stereocenters. The van der Waals surface area contributed by atoms with Gasteiger partial charge in [0.15, 0.2) is 6.10 Å². The fourth-order valence-corrected chi connectivity index (χ4v) is 4.83. The highest BCUT2D eigenvalue weighted by Crippen LogP contribution is 2.32. The molecule has 6 nitrogen and oxygen atoms in total. The number of allylic oxidation sites excluding steroid dienone is 1. The summed E-state index contributed by atoms with van der Waals surface area (Å²) in [5.74, 6) is -1.26. The molecule has 0 fully saturated rings. The monoisotopic (exact) mass is 556 g/mol. The Kier molecular flexibility index (Phi) is 12.7. The molecule has 204 valence electrons. The van der Waals surface area contributed by atoms with Crippen molar-refractivity contribution >= 4 is 34.8 Å². The molecule has 1 atom stereocenters. The number of carbonyl (C=O) groups is 2. The van der Waals surface area contributed by atoms with Crippen LogP contribution in [0.25, 0.3) is 10.6 Å². The third kappa shape index (κ3) is 9.39. The molecule has 2 aromatic carbocycles. The van der Waals surface area contributed by atoms with Crippen molar-refractivity contribution in [2.24, 2.45) is 0 Å². The van der Waals surface area contributed by atoms with Crippen molar-refractivity contribution in [2.45, 2.75) is 72.6 Å². The Balaban J connectivity index is 0.000000926. The van der Waals surface area contributed by atoms with Gasteiger partial charge in [-0.3, -0.25) is 4.79 Å². The summed E-state index contributed by atoms with van der Waals surface area (Å²) in [7, 11) is 0. The highest BCUT2D eigenvalue weighted by molar-refractivity contribution is 7.15. The van der Waals surface area contributed by atoms with Crippen LogP contribution in [-0.2, 0) is 22.5 Å². The Morgan fingerprint density at radius 3 is 2.50 bits per heavy atom. The van der Waals surface area contributed by atoms with Crippen molar-refractivity contribution in [3.63, 3.8) is 0 Å². The zero-order valence-electron chi connectivity index (χ0n) is 22.7. The maximum absolute atomic E-state index is 12.9. The number of hydrogen-bond acceptors (Lipinski definition) is 5. The van der Waals surface area contributed by atoms with E-state index in [1.54, 1.807) is 6.07 Å². The second-order valence-corrected chi connectivity index (χ2v) is 10.8. The van der Waals surface area contributed by atoms with Crippen molar-refractivity contribution in [1.82, 2.24) is 10.3 Å². The molecule has 0 spiro atoms. The van der Waals surface area contributed by atoms with E-state index >= 15 is 0 Å². The van der Waals surface area contributed by atoms with Crippen molar-refractivity contribution in [2.75, 3.05) is 0 Å². The maximum Gasteiger partial charge on any atom is 0.333 e. The van der Waals surface area contributed by atoms with Gasteiger partial charge in [0.25, 0.3) is 5.91 Å². The first kappa shape index (κ1) is 31.2. The molecule has 8 heteroatoms. The molecule has 38 heavy (non-hydrogen) atoms. The van der Waals surface area contributed by atoms with Gasteiger partial charge in [-0.2, -0.15) is 0 Å². The predicted octanol–water partition coefficient (Wildman–Crippen LogP) is 7.40. The van der Waals surface area contributed by atoms with Crippen LogP contribution < -0.4 is 5.32 Å². The molecule has 0 bridgehead atoms. The summed E-state index contributed by atoms with van der Waals surface area (Å²) in [5.41, 5.74) is 3.92. The Labute approximate surface area is 234 Å². The average molecular weight is 557 g/mol. The van der Waals surface area contributed by atoms with Gasteiger partial charge in [0.2, 0.25) is 0 Å². The van der Waals surface area contributed by atoms with E-state index in [4.69, 9.17) is 16.3 Å². The molecular formula is C30H37ClN2O4S. The van der Waals surface area contributed by atoms with E-state index in [1.165, 1.54) is 17.8 Å². The number of ether oxygens (including phenoxy) is 1. The number of carboxylic acids is 1. The Bertz CT molecular complexity index is 1240. The number of thiazole rings is 1. The van der Waals surface area contributed by atoms with Gasteiger partial charge in [0.1, 0.15) is 10.7 Å². The van der Waals surface area contributed by atoms with E-state index in [0.717, 1.165) is 33.6 Å². The van der Waals surface area contributed by atoms with Crippen molar-refractivity contribution in [3.05, 3.63) is 87.4 Å². The molecule has 0 radical (unpaired) electrons. The minimum Gasteiger partial charge on any atom is -0.479 e. The number of rotatable bonds is 11. The summed E-state index contributed by atoms with van der Waals surface area (Å²) < 4.78 is 5.52. The van der Waals surface area contributed by atoms with E-state index < -0.39 is 12.1 Å². The van der Waals surface area contributed by atoms with Crippen molar-refractivity contribution < 1.29 is 19.4 Å². The number of aliphatic carboxylic acids is 1. The van der Waals surface area contributed by atoms with Crippen molar-refractivity contribution in [3.8, 4) is 10.6 Å². The predicted molar refractivity (Wildman–Crippen MR) is 156 cm³/mol. The Morgan fingerprint density at radius 2 is 1.92 bits per heavy atom. The number of aryl methyl sites for hydroxylation is 2. The Morgan fingerprint density at radius 1 is 1.21 bits per heavy atom. The lowest BCUT2D eigenvalue weighted by atomic mass is 10.0. The molecule has 1 amide bonds. The Hall–Kier alpha value is -3.00. The molecule has 2 N–H and O–H groups in total. The summed E-state index contributed by atoms with van der Waals surface area (Å²) >= 11 is 7.70. The lowest BCUT2D eigenvalue weighted by Gasteiger charge is -2.17. The van der Waals surface area contributed by atoms with Gasteiger partial charge in [-0.25, -0.2) is 9.78 Å². The smallest absolute Gasteiger partial charge is 0.333 e. The number of unbranched alkanes of at least 4 members (excludes halogenated alkanes) is 1. The second-order valence-electron chi connectivity index (χ2n) is 9.14. The van der Waals surface area contributed by atoms with E-state index in [2.05, 4.69) is 23.8 Å². The van der Waals surface area contributed by atoms with E-state index in [9.17, 15) is 14.7 Å². The first-order chi connectivity index (χ1) is 18.1. The van der Waals surface area contributed by atoms with Gasteiger partial charge in [-0.15, -0.1) is 17.9 Å². The SMILES string of the molecule is C=CCCC.Cc1ccc(CC(OC(C)C)C(=O)O)cc1CNC(=O)c1nc(-c2ccccc2Cl)sc1C. The van der Waals surface area contributed by atoms with Crippen LogP contribution in [0.3, 0.4) is 0 Å². The fraction of sp³-hybridized carbons (Fsp3) is 0.367. The number of halogens is 1. The summed E-state index contributed by atoms with van der Waals surface area (Å²) in [4.78, 5) is 29.7. The number of benzene rings is 2. The third-order valence-corrected chi connectivity index (χ3v) is 6.93. The molecule has 0 aliphatic heterocycles. The first-order valence-electron chi connectivity index (χ1n) is 12.6. The molecule has 0 aliphatic rings. The lowest BCUT2D eigenvalue weighted by Crippen LogP contribution is -2.29. The molecular weight excluding hydrogens is 520 g/mol. The van der Waals surface area contributed by atoms with Gasteiger partial charge >= 0.3 is 5.97 Å². The van der Waals surface area contributed by atoms with Gasteiger partial charge in [0.05, 0.1) is 11.1 Å². The van der Waals surface area contributed by atoms with Crippen molar-refractivity contribution in [1.29, 1.82) is 0 Å². The van der Waals surface area contributed by atoms with Crippen LogP contribution in [0.1, 0.15) is 65.7 Å². The number of nitrogens with one attached hydrogen (secondary N) is 1. The summed E-state index contributed by atoms with van der Waals surface area (Å²) in [6, 6.07) is 13.1. The third-order valence-electron chi connectivity index (χ3n) is 5.59. The van der Waals surface area contributed by atoms with Gasteiger partial charge < -0.3 is 15.2 Å². The number of carboxylic acid groups (broad SMARTS) is 1. The van der Waals surface area contributed by atoms with Crippen LogP contribution in [0.5, 0.6) is 0 Å². The summed E-state index contributed by atoms with van der Waals surface area (Å²) in [6.07, 6.45) is 3.45. The normalized spacial score (nSPS) is 11.4. The maximum atomic E-state index is 12.9. The molecule has 0 aliphatic carbocycles. The lowest BCUT2D eigenvalue weighted by molar-refractivity contribution is -0.153. The largest absolute Gasteiger partial charge is 0.479 e. The number of hydrogen-bond donors (Lipinski definition) is 2. The van der Waals surface area contributed by atoms with E-state index in [0.29, 0.717) is 22.3 Å². The summed E-state index contributed by atoms with van der Waals surface area (Å²) in [5, 5.41) is 13.7. The van der Waals surface area contributed by atoms with Crippen LogP contribution in [0.15, 0.2) is 55.1 Å². The van der Waals surface area contributed by atoms with Gasteiger partial charge in [0, 0.05) is 23.4 Å². The zero-order chi connectivity index (χ0) is 28.2. The van der Waals surface area contributed by atoms with Crippen LogP contribution in [-0.4, -0.2) is 34.2 Å². The highest BCUT2D eigenvalue weighted by Gasteiger charge is 2.21. The molecule has 1 aromatic heterocycles. The van der Waals surface area contributed by atoms with Crippen LogP contribution >= 0.6 is 22.9 Å². The van der Waals surface area contributed by atoms with Gasteiger partial charge in [-0.05, 0) is 56.9 Å². The number of carbonyl (C=O) groups excluding carboxylic acids is 1. The standard InChI is InChI=1S/C25H27ClN2O4S.C5H10/c1-14(2)32-21(25(30)31)12-17-10-9-15(3)18(11-17)13-27-23(29)22-16(4)33-24(28-22)19-7-5-6-8-20(19)26;1-3-5-4-2/h5-11,14,21H,12-13H2,1-4H3,(H,27,29)(H,30,31);3H,1,4-5H2,2H3. The molecule has 1 heterocycles. The number of amides is 1. The topological polar surface area (TPSA) is 88.5 Å². The molecule has 0 saturated heterocycles. The quantitative estimate of drug-likeness (QED) is 0.240. The molecule has 0 saturated carbocycles.